The van der Waals surface area contributed by atoms with Crippen molar-refractivity contribution < 1.29 is 9.72 Å². The lowest BCUT2D eigenvalue weighted by atomic mass is 10.3. The van der Waals surface area contributed by atoms with Gasteiger partial charge >= 0.3 is 0 Å². The number of carbonyl (C=O) groups is 1. The molecule has 2 aromatic rings. The molecule has 8 heteroatoms. The van der Waals surface area contributed by atoms with E-state index in [0.29, 0.717) is 18.8 Å². The number of amides is 1. The lowest BCUT2D eigenvalue weighted by Gasteiger charge is -2.06. The topological polar surface area (TPSA) is 106 Å². The van der Waals surface area contributed by atoms with E-state index in [0.717, 1.165) is 18.7 Å². The minimum Gasteiger partial charge on any atom is -0.351 e. The maximum atomic E-state index is 12.0. The molecule has 112 valence electrons. The monoisotopic (exact) mass is 291 g/mol. The zero-order valence-corrected chi connectivity index (χ0v) is 11.7. The normalized spacial score (nSPS) is 10.5. The fourth-order valence-corrected chi connectivity index (χ4v) is 2.03. The maximum Gasteiger partial charge on any atom is 0.287 e. The number of aryl methyl sites for hydroxylation is 2. The summed E-state index contributed by atoms with van der Waals surface area (Å²) < 4.78 is 1.57. The molecule has 0 aliphatic heterocycles. The summed E-state index contributed by atoms with van der Waals surface area (Å²) in [5.74, 6) is 0.571. The van der Waals surface area contributed by atoms with Crippen LogP contribution in [-0.2, 0) is 13.0 Å². The summed E-state index contributed by atoms with van der Waals surface area (Å²) in [5, 5.41) is 13.5. The molecule has 2 aromatic heterocycles. The molecule has 0 aromatic carbocycles. The van der Waals surface area contributed by atoms with Crippen molar-refractivity contribution in [1.29, 1.82) is 0 Å². The number of carbonyl (C=O) groups excluding carboxylic acids is 1. The van der Waals surface area contributed by atoms with Crippen LogP contribution in [0.15, 0.2) is 24.7 Å². The summed E-state index contributed by atoms with van der Waals surface area (Å²) in [5.41, 5.74) is 0.236. The van der Waals surface area contributed by atoms with Gasteiger partial charge in [-0.05, 0) is 13.3 Å². The minimum absolute atomic E-state index is 0.0717. The molecule has 0 atom stereocenters. The molecule has 0 unspecified atom stereocenters. The average Bonchev–Trinajstić information content (AvgIpc) is 3.12. The van der Waals surface area contributed by atoms with E-state index in [1.54, 1.807) is 17.0 Å². The molecule has 0 saturated carbocycles. The molecular formula is C13H17N5O3. The van der Waals surface area contributed by atoms with Gasteiger partial charge in [0.1, 0.15) is 11.5 Å². The molecule has 2 heterocycles. The molecule has 0 radical (unpaired) electrons. The van der Waals surface area contributed by atoms with E-state index in [9.17, 15) is 14.9 Å². The van der Waals surface area contributed by atoms with Gasteiger partial charge < -0.3 is 14.9 Å². The van der Waals surface area contributed by atoms with Gasteiger partial charge in [0.15, 0.2) is 0 Å². The Balaban J connectivity index is 1.89. The van der Waals surface area contributed by atoms with Crippen molar-refractivity contribution in [1.82, 2.24) is 19.9 Å². The smallest absolute Gasteiger partial charge is 0.287 e. The molecule has 21 heavy (non-hydrogen) atoms. The van der Waals surface area contributed by atoms with Crippen molar-refractivity contribution in [3.05, 3.63) is 46.3 Å². The molecule has 0 aliphatic rings. The van der Waals surface area contributed by atoms with Crippen LogP contribution in [-0.4, -0.2) is 31.9 Å². The number of hydrogen-bond donors (Lipinski definition) is 2. The zero-order valence-electron chi connectivity index (χ0n) is 11.7. The van der Waals surface area contributed by atoms with Gasteiger partial charge in [-0.3, -0.25) is 14.9 Å². The number of aromatic amines is 1. The van der Waals surface area contributed by atoms with Crippen LogP contribution in [0.25, 0.3) is 0 Å². The minimum atomic E-state index is -0.500. The highest BCUT2D eigenvalue weighted by Gasteiger charge is 2.18. The largest absolute Gasteiger partial charge is 0.351 e. The molecule has 0 bridgehead atoms. The van der Waals surface area contributed by atoms with Crippen molar-refractivity contribution in [3.8, 4) is 0 Å². The second kappa shape index (κ2) is 6.69. The number of nitrogens with one attached hydrogen (secondary N) is 2. The summed E-state index contributed by atoms with van der Waals surface area (Å²) in [7, 11) is 0. The van der Waals surface area contributed by atoms with Crippen molar-refractivity contribution >= 4 is 11.6 Å². The Morgan fingerprint density at radius 3 is 3.00 bits per heavy atom. The Kier molecular flexibility index (Phi) is 4.70. The van der Waals surface area contributed by atoms with E-state index in [1.807, 2.05) is 6.92 Å². The van der Waals surface area contributed by atoms with E-state index in [4.69, 9.17) is 0 Å². The number of nitro groups is 1. The van der Waals surface area contributed by atoms with Crippen molar-refractivity contribution in [2.75, 3.05) is 6.54 Å². The van der Waals surface area contributed by atoms with Crippen LogP contribution >= 0.6 is 0 Å². The van der Waals surface area contributed by atoms with E-state index in [1.165, 1.54) is 12.3 Å². The van der Waals surface area contributed by atoms with Gasteiger partial charge in [0, 0.05) is 38.0 Å². The second-order valence-corrected chi connectivity index (χ2v) is 4.52. The lowest BCUT2D eigenvalue weighted by molar-refractivity contribution is -0.384. The number of H-pyrrole nitrogens is 1. The molecular weight excluding hydrogens is 274 g/mol. The summed E-state index contributed by atoms with van der Waals surface area (Å²) >= 11 is 0. The third-order valence-corrected chi connectivity index (χ3v) is 3.10. The molecule has 0 fully saturated rings. The quantitative estimate of drug-likeness (QED) is 0.458. The first-order valence-corrected chi connectivity index (χ1v) is 6.72. The summed E-state index contributed by atoms with van der Waals surface area (Å²) in [4.78, 5) is 29.4. The highest BCUT2D eigenvalue weighted by atomic mass is 16.6. The molecule has 1 amide bonds. The van der Waals surface area contributed by atoms with E-state index in [-0.39, 0.29) is 11.6 Å². The maximum absolute atomic E-state index is 12.0. The molecule has 2 rings (SSSR count). The van der Waals surface area contributed by atoms with Gasteiger partial charge in [-0.15, -0.1) is 0 Å². The molecule has 0 spiro atoms. The van der Waals surface area contributed by atoms with Crippen LogP contribution in [0.3, 0.4) is 0 Å². The highest BCUT2D eigenvalue weighted by molar-refractivity contribution is 5.93. The number of rotatable bonds is 7. The molecule has 0 saturated heterocycles. The fraction of sp³-hybridized carbons (Fsp3) is 0.385. The summed E-state index contributed by atoms with van der Waals surface area (Å²) in [6.45, 7) is 2.82. The number of imidazole rings is 1. The van der Waals surface area contributed by atoms with Crippen LogP contribution in [0.5, 0.6) is 0 Å². The second-order valence-electron chi connectivity index (χ2n) is 4.52. The Labute approximate surface area is 121 Å². The van der Waals surface area contributed by atoms with Crippen molar-refractivity contribution in [3.63, 3.8) is 0 Å². The van der Waals surface area contributed by atoms with Crippen LogP contribution in [0.4, 0.5) is 5.69 Å². The van der Waals surface area contributed by atoms with Gasteiger partial charge in [0.05, 0.1) is 11.1 Å². The van der Waals surface area contributed by atoms with E-state index >= 15 is 0 Å². The first-order chi connectivity index (χ1) is 10.1. The van der Waals surface area contributed by atoms with Crippen molar-refractivity contribution in [2.45, 2.75) is 26.3 Å². The van der Waals surface area contributed by atoms with Gasteiger partial charge in [-0.2, -0.15) is 0 Å². The highest BCUT2D eigenvalue weighted by Crippen LogP contribution is 2.16. The predicted molar refractivity (Wildman–Crippen MR) is 76.0 cm³/mol. The fourth-order valence-electron chi connectivity index (χ4n) is 2.03. The summed E-state index contributed by atoms with van der Waals surface area (Å²) in [6.07, 6.45) is 6.29. The van der Waals surface area contributed by atoms with E-state index in [2.05, 4.69) is 15.3 Å². The Morgan fingerprint density at radius 2 is 2.38 bits per heavy atom. The van der Waals surface area contributed by atoms with Crippen LogP contribution in [0, 0.1) is 10.1 Å². The number of aromatic nitrogens is 3. The third-order valence-electron chi connectivity index (χ3n) is 3.10. The molecule has 0 aliphatic carbocycles. The Morgan fingerprint density at radius 1 is 1.57 bits per heavy atom. The zero-order chi connectivity index (χ0) is 15.2. The standard InChI is InChI=1S/C13H17N5O3/c1-2-17-9-10(18(20)21)8-11(17)13(19)16-5-3-4-12-14-6-7-15-12/h6-9H,2-5H2,1H3,(H,14,15)(H,16,19). The predicted octanol–water partition coefficient (Wildman–Crippen LogP) is 1.50. The van der Waals surface area contributed by atoms with Crippen LogP contribution in [0.1, 0.15) is 29.7 Å². The van der Waals surface area contributed by atoms with Gasteiger partial charge in [-0.25, -0.2) is 4.98 Å². The molecule has 8 nitrogen and oxygen atoms in total. The van der Waals surface area contributed by atoms with Gasteiger partial charge in [0.25, 0.3) is 11.6 Å². The van der Waals surface area contributed by atoms with Crippen molar-refractivity contribution in [2.24, 2.45) is 0 Å². The van der Waals surface area contributed by atoms with Gasteiger partial charge in [0.2, 0.25) is 0 Å². The first-order valence-electron chi connectivity index (χ1n) is 6.72. The van der Waals surface area contributed by atoms with Crippen LogP contribution in [0.2, 0.25) is 0 Å². The summed E-state index contributed by atoms with van der Waals surface area (Å²) in [6, 6.07) is 1.30. The van der Waals surface area contributed by atoms with Crippen LogP contribution < -0.4 is 5.32 Å². The van der Waals surface area contributed by atoms with E-state index < -0.39 is 4.92 Å². The van der Waals surface area contributed by atoms with Gasteiger partial charge in [-0.1, -0.05) is 0 Å². The third kappa shape index (κ3) is 3.68. The Hall–Kier alpha value is -2.64. The lowest BCUT2D eigenvalue weighted by Crippen LogP contribution is -2.27. The Bertz CT molecular complexity index is 618. The number of nitrogens with zero attached hydrogens (tertiary/aromatic N) is 3. The SMILES string of the molecule is CCn1cc([N+](=O)[O-])cc1C(=O)NCCCc1ncc[nH]1. The first kappa shape index (κ1) is 14.8. The number of hydrogen-bond acceptors (Lipinski definition) is 4. The average molecular weight is 291 g/mol. The molecule has 2 N–H and O–H groups in total.